The lowest BCUT2D eigenvalue weighted by Crippen LogP contribution is -2.61. The maximum absolute atomic E-state index is 10.2. The number of anilines is 6. The van der Waals surface area contributed by atoms with Crippen molar-refractivity contribution in [2.45, 2.75) is 52.4 Å². The summed E-state index contributed by atoms with van der Waals surface area (Å²) in [5.74, 6) is 0. The molecule has 19 aromatic carbocycles. The van der Waals surface area contributed by atoms with Gasteiger partial charge in [-0.05, 0) is 217 Å². The van der Waals surface area contributed by atoms with Gasteiger partial charge in [0.05, 0.1) is 55.4 Å². The maximum atomic E-state index is 10.2. The van der Waals surface area contributed by atoms with Gasteiger partial charge in [0.15, 0.2) is 0 Å². The number of rotatable bonds is 10. The summed E-state index contributed by atoms with van der Waals surface area (Å²) in [6, 6.07) is 92.3. The number of fused-ring (bicyclic) bond motifs is 22. The number of hydrogen-bond donors (Lipinski definition) is 0. The molecule has 0 aliphatic carbocycles. The van der Waals surface area contributed by atoms with Gasteiger partial charge in [-0.15, -0.1) is 0 Å². The Balaban J connectivity index is 0.897. The zero-order chi connectivity index (χ0) is 101. The van der Waals surface area contributed by atoms with Gasteiger partial charge in [-0.1, -0.05) is 296 Å². The predicted molar refractivity (Wildman–Crippen MR) is 548 cm³/mol. The first kappa shape index (κ1) is 60.3. The molecule has 9 heteroatoms. The number of hydrogen-bond acceptors (Lipinski definition) is 6. The minimum Gasteiger partial charge on any atom is -0.456 e. The number of para-hydroxylation sites is 8. The van der Waals surface area contributed by atoms with Crippen LogP contribution in [-0.4, -0.2) is 15.8 Å². The van der Waals surface area contributed by atoms with Crippen molar-refractivity contribution in [1.82, 2.24) is 9.13 Å². The molecular formula is C122H83BN4O4. The summed E-state index contributed by atoms with van der Waals surface area (Å²) in [7, 11) is 0. The van der Waals surface area contributed by atoms with Crippen LogP contribution in [0.3, 0.4) is 0 Å². The van der Waals surface area contributed by atoms with Gasteiger partial charge in [0.2, 0.25) is 0 Å². The third-order valence-electron chi connectivity index (χ3n) is 27.1. The zero-order valence-electron chi connectivity index (χ0n) is 87.8. The van der Waals surface area contributed by atoms with E-state index in [-0.39, 0.29) is 55.0 Å². The van der Waals surface area contributed by atoms with Gasteiger partial charge in [-0.2, -0.15) is 0 Å². The molecule has 618 valence electrons. The molecule has 0 N–H and O–H groups in total. The Morgan fingerprint density at radius 2 is 0.595 bits per heavy atom. The first-order chi connectivity index (χ1) is 70.9. The van der Waals surface area contributed by atoms with Crippen LogP contribution in [0.2, 0.25) is 0 Å². The van der Waals surface area contributed by atoms with Gasteiger partial charge >= 0.3 is 0 Å². The molecular weight excluding hydrogens is 1600 g/mol. The average Bonchev–Trinajstić information content (AvgIpc) is 1.60. The van der Waals surface area contributed by atoms with Crippen LogP contribution in [0.15, 0.2) is 412 Å². The van der Waals surface area contributed by atoms with E-state index in [4.69, 9.17) is 17.7 Å². The number of aromatic nitrogens is 2. The molecule has 25 aromatic rings. The molecule has 0 atom stereocenters. The lowest BCUT2D eigenvalue weighted by atomic mass is 9.33. The van der Waals surface area contributed by atoms with Gasteiger partial charge in [-0.25, -0.2) is 0 Å². The molecule has 8 nitrogen and oxygen atoms in total. The van der Waals surface area contributed by atoms with E-state index in [2.05, 4.69) is 167 Å². The highest BCUT2D eigenvalue weighted by atomic mass is 16.3. The van der Waals surface area contributed by atoms with Crippen molar-refractivity contribution >= 4 is 189 Å². The van der Waals surface area contributed by atoms with Crippen molar-refractivity contribution in [3.05, 3.63) is 405 Å². The van der Waals surface area contributed by atoms with Crippen molar-refractivity contribution in [2.24, 2.45) is 0 Å². The molecule has 131 heavy (non-hydrogen) atoms. The van der Waals surface area contributed by atoms with Crippen LogP contribution >= 0.6 is 0 Å². The van der Waals surface area contributed by atoms with Gasteiger partial charge in [0.25, 0.3) is 6.71 Å². The van der Waals surface area contributed by atoms with Crippen LogP contribution in [0.5, 0.6) is 0 Å². The fourth-order valence-electron chi connectivity index (χ4n) is 21.1. The first-order valence-electron chi connectivity index (χ1n) is 52.1. The Kier molecular flexibility index (Phi) is 12.9. The maximum Gasteiger partial charge on any atom is 0.252 e. The Morgan fingerprint density at radius 3 is 1.00 bits per heavy atom. The summed E-state index contributed by atoms with van der Waals surface area (Å²) in [5.41, 5.74) is 20.9. The summed E-state index contributed by atoms with van der Waals surface area (Å²) in [5, 5.41) is 6.26. The zero-order valence-corrected chi connectivity index (χ0v) is 71.8. The number of furan rings is 4. The largest absolute Gasteiger partial charge is 0.456 e. The minimum atomic E-state index is -0.953. The van der Waals surface area contributed by atoms with Crippen molar-refractivity contribution < 1.29 is 39.6 Å². The monoisotopic (exact) mass is 1690 g/mol. The Bertz CT molecular complexity index is 9620. The van der Waals surface area contributed by atoms with Crippen molar-refractivity contribution in [3.63, 3.8) is 0 Å². The van der Waals surface area contributed by atoms with Crippen molar-refractivity contribution in [2.75, 3.05) is 9.80 Å². The normalized spacial score (nSPS) is 14.6. The van der Waals surface area contributed by atoms with Crippen molar-refractivity contribution in [3.8, 4) is 78.1 Å². The van der Waals surface area contributed by atoms with E-state index >= 15 is 0 Å². The quantitative estimate of drug-likeness (QED) is 0.127. The van der Waals surface area contributed by atoms with Crippen LogP contribution in [0.4, 0.5) is 34.1 Å². The standard InChI is InChI=1S/C122H83BN4O4/c1-121(2,3)76-66-91(72-32-9-7-10-33-72)118(93(68-76)85-44-29-55-111-114(85)88-41-18-26-52-108(88)128-111)126-103-70-78(124-99-47-21-13-36-80(99)81-37-14-22-48-100(81)124)58-60-97(103)123-98-61-59-79(125-101-49-23-15-38-82(101)83-39-16-24-50-102(83)125)71-104(98)127(119-92(73-34-11-8-12-35-73)67-77(122(4,5)6)69-94(119)86-45-30-56-112-115(86)89-42-19-27-53-109(89)129-112)106-65-75(64-105(126)117(106)123)74-62-95-84-40-17-25-51-107(84)131-120(95)96(63-74)87-46-31-57-113-116(87)90-43-20-28-54-110(90)130-113/h7-71H,1-6H3/i13D,14D,15D,16D,21D,22D,23D,24D,36D,37D,38D,39D,47D,48D,49D,50D. The lowest BCUT2D eigenvalue weighted by Gasteiger charge is -2.46. The summed E-state index contributed by atoms with van der Waals surface area (Å²) in [6.07, 6.45) is 0. The topological polar surface area (TPSA) is 68.9 Å². The highest BCUT2D eigenvalue weighted by molar-refractivity contribution is 7.00. The third-order valence-corrected chi connectivity index (χ3v) is 27.1. The summed E-state index contributed by atoms with van der Waals surface area (Å²) >= 11 is 0. The molecule has 0 saturated carbocycles. The lowest BCUT2D eigenvalue weighted by molar-refractivity contribution is 0.590. The third kappa shape index (κ3) is 11.2. The van der Waals surface area contributed by atoms with Gasteiger partial charge in [0, 0.05) is 127 Å². The Hall–Kier alpha value is -16.4. The van der Waals surface area contributed by atoms with Crippen LogP contribution in [0, 0.1) is 0 Å². The van der Waals surface area contributed by atoms with E-state index in [1.54, 1.807) is 9.13 Å². The van der Waals surface area contributed by atoms with E-state index in [1.165, 1.54) is 0 Å². The number of benzene rings is 19. The second kappa shape index (κ2) is 28.1. The molecule has 27 rings (SSSR count). The molecule has 2 aliphatic heterocycles. The predicted octanol–water partition coefficient (Wildman–Crippen LogP) is 32.2. The van der Waals surface area contributed by atoms with E-state index in [0.717, 1.165) is 115 Å². The van der Waals surface area contributed by atoms with Gasteiger partial charge in [-0.3, -0.25) is 0 Å². The first-order valence-corrected chi connectivity index (χ1v) is 44.1. The fourth-order valence-corrected chi connectivity index (χ4v) is 21.1. The average molecular weight is 1700 g/mol. The van der Waals surface area contributed by atoms with E-state index < -0.39 is 114 Å². The van der Waals surface area contributed by atoms with E-state index in [1.807, 2.05) is 182 Å². The van der Waals surface area contributed by atoms with Crippen LogP contribution in [0.1, 0.15) is 74.6 Å². The molecule has 0 unspecified atom stereocenters. The Morgan fingerprint density at radius 1 is 0.252 bits per heavy atom. The second-order valence-electron chi connectivity index (χ2n) is 36.5. The summed E-state index contributed by atoms with van der Waals surface area (Å²) < 4.78 is 188. The molecule has 0 radical (unpaired) electrons. The molecule has 0 fully saturated rings. The highest BCUT2D eigenvalue weighted by Crippen LogP contribution is 2.59. The summed E-state index contributed by atoms with van der Waals surface area (Å²) in [4.78, 5) is 4.70. The Labute approximate surface area is 778 Å². The molecule has 8 heterocycles. The van der Waals surface area contributed by atoms with Gasteiger partial charge in [0.1, 0.15) is 44.7 Å². The number of nitrogens with zero attached hydrogens (tertiary/aromatic N) is 4. The van der Waals surface area contributed by atoms with E-state index in [0.29, 0.717) is 101 Å². The molecule has 6 aromatic heterocycles. The van der Waals surface area contributed by atoms with Crippen LogP contribution in [-0.2, 0) is 10.8 Å². The minimum absolute atomic E-state index is 0.0985. The molecule has 0 bridgehead atoms. The van der Waals surface area contributed by atoms with Crippen LogP contribution < -0.4 is 26.2 Å². The molecule has 0 spiro atoms. The van der Waals surface area contributed by atoms with Crippen molar-refractivity contribution in [1.29, 1.82) is 0 Å². The molecule has 2 aliphatic rings. The second-order valence-corrected chi connectivity index (χ2v) is 36.5. The summed E-state index contributed by atoms with van der Waals surface area (Å²) in [6.45, 7) is 12.3. The highest BCUT2D eigenvalue weighted by Gasteiger charge is 2.47. The smallest absolute Gasteiger partial charge is 0.252 e. The van der Waals surface area contributed by atoms with Gasteiger partial charge < -0.3 is 36.6 Å². The van der Waals surface area contributed by atoms with Crippen LogP contribution in [0.25, 0.3) is 210 Å². The molecule has 0 saturated heterocycles. The fraction of sp³-hybridized carbons (Fsp3) is 0.0656. The molecule has 0 amide bonds. The van der Waals surface area contributed by atoms with E-state index in [9.17, 15) is 21.9 Å². The SMILES string of the molecule is [2H]c1c([2H])c([2H])c2c(c1[2H])c1c([2H])c([2H])c([2H])c([2H])c1n2-c1ccc2c(c1)N(c1c(-c3ccccc3)cc(C(C)(C)C)cc1-c1cccc3oc4ccccc4c13)c1cc(-c3cc(-c4cccc5oc6ccccc6c45)c4oc5ccccc5c4c3)cc3c1B2c1ccc(-n2c4c([2H])c([2H])c([2H])c([2H])c4c4c([2H])c([2H])c([2H])c([2H])c42)cc1N3c1c(-c2ccccc2)cc(C(C)(C)C)cc1-c1cccc2oc3ccccc3c12.